The minimum atomic E-state index is -0.169. The van der Waals surface area contributed by atoms with Gasteiger partial charge in [-0.3, -0.25) is 14.6 Å². The van der Waals surface area contributed by atoms with E-state index in [9.17, 15) is 9.59 Å². The van der Waals surface area contributed by atoms with Crippen LogP contribution in [0.4, 0.5) is 5.69 Å². The summed E-state index contributed by atoms with van der Waals surface area (Å²) in [5.41, 5.74) is 3.01. The number of amides is 2. The highest BCUT2D eigenvalue weighted by molar-refractivity contribution is 6.01. The van der Waals surface area contributed by atoms with Crippen molar-refractivity contribution >= 4 is 17.5 Å². The number of carbonyl (C=O) groups is 2. The van der Waals surface area contributed by atoms with Crippen molar-refractivity contribution in [1.82, 2.24) is 10.3 Å². The third-order valence-corrected chi connectivity index (χ3v) is 3.15. The Hall–Kier alpha value is -2.69. The molecule has 2 aromatic rings. The summed E-state index contributed by atoms with van der Waals surface area (Å²) in [5.74, 6) is -0.205. The highest BCUT2D eigenvalue weighted by Gasteiger charge is 2.18. The first-order valence-corrected chi connectivity index (χ1v) is 6.33. The maximum absolute atomic E-state index is 12.1. The first-order valence-electron chi connectivity index (χ1n) is 6.33. The second-order valence-electron chi connectivity index (χ2n) is 4.60. The summed E-state index contributed by atoms with van der Waals surface area (Å²) in [7, 11) is 0. The van der Waals surface area contributed by atoms with E-state index < -0.39 is 0 Å². The molecule has 0 aliphatic carbocycles. The number of hydrogen-bond acceptors (Lipinski definition) is 3. The number of pyridine rings is 1. The molecule has 1 aliphatic rings. The van der Waals surface area contributed by atoms with Crippen LogP contribution in [0.2, 0.25) is 0 Å². The fourth-order valence-corrected chi connectivity index (χ4v) is 2.15. The van der Waals surface area contributed by atoms with Crippen LogP contribution in [0.3, 0.4) is 0 Å². The molecule has 0 spiro atoms. The van der Waals surface area contributed by atoms with Crippen LogP contribution in [0.25, 0.3) is 0 Å². The average molecular weight is 267 g/mol. The van der Waals surface area contributed by atoms with Crippen LogP contribution in [-0.2, 0) is 17.8 Å². The topological polar surface area (TPSA) is 71.1 Å². The Bertz CT molecular complexity index is 668. The highest BCUT2D eigenvalue weighted by atomic mass is 16.2. The predicted octanol–water partition coefficient (Wildman–Crippen LogP) is 1.51. The summed E-state index contributed by atoms with van der Waals surface area (Å²) in [6.07, 6.45) is 2.02. The molecule has 0 atom stereocenters. The summed E-state index contributed by atoms with van der Waals surface area (Å²) in [6.45, 7) is 0.383. The van der Waals surface area contributed by atoms with E-state index in [0.29, 0.717) is 18.5 Å². The maximum atomic E-state index is 12.1. The molecule has 0 radical (unpaired) electrons. The largest absolute Gasteiger partial charge is 0.346 e. The van der Waals surface area contributed by atoms with Crippen LogP contribution in [0.5, 0.6) is 0 Å². The van der Waals surface area contributed by atoms with Crippen LogP contribution in [0, 0.1) is 0 Å². The molecule has 1 aromatic carbocycles. The Morgan fingerprint density at radius 2 is 2.20 bits per heavy atom. The fraction of sp³-hybridized carbons (Fsp3) is 0.133. The van der Waals surface area contributed by atoms with Gasteiger partial charge in [-0.15, -0.1) is 0 Å². The standard InChI is InChI=1S/C15H13N3O2/c19-14-8-11-7-10(4-5-13(11)18-14)15(20)17-9-12-3-1-2-6-16-12/h1-7H,8-9H2,(H,17,20)(H,18,19). The summed E-state index contributed by atoms with van der Waals surface area (Å²) < 4.78 is 0. The Balaban J connectivity index is 1.69. The number of fused-ring (bicyclic) bond motifs is 1. The summed E-state index contributed by atoms with van der Waals surface area (Å²) in [4.78, 5) is 27.5. The number of carbonyl (C=O) groups excluding carboxylic acids is 2. The van der Waals surface area contributed by atoms with E-state index in [0.717, 1.165) is 16.9 Å². The molecular formula is C15H13N3O2. The third kappa shape index (κ3) is 2.51. The van der Waals surface area contributed by atoms with Gasteiger partial charge in [-0.1, -0.05) is 6.07 Å². The van der Waals surface area contributed by atoms with Gasteiger partial charge in [0.05, 0.1) is 18.7 Å². The van der Waals surface area contributed by atoms with Gasteiger partial charge in [0.25, 0.3) is 5.91 Å². The lowest BCUT2D eigenvalue weighted by molar-refractivity contribution is -0.115. The Kier molecular flexibility index (Phi) is 3.16. The number of benzene rings is 1. The predicted molar refractivity (Wildman–Crippen MR) is 74.2 cm³/mol. The molecule has 5 heteroatoms. The van der Waals surface area contributed by atoms with Crippen molar-refractivity contribution in [1.29, 1.82) is 0 Å². The molecule has 5 nitrogen and oxygen atoms in total. The van der Waals surface area contributed by atoms with Crippen LogP contribution in [-0.4, -0.2) is 16.8 Å². The zero-order valence-electron chi connectivity index (χ0n) is 10.7. The van der Waals surface area contributed by atoms with Crippen LogP contribution < -0.4 is 10.6 Å². The summed E-state index contributed by atoms with van der Waals surface area (Å²) >= 11 is 0. The molecule has 3 rings (SSSR count). The Morgan fingerprint density at radius 1 is 1.30 bits per heavy atom. The first kappa shape index (κ1) is 12.3. The summed E-state index contributed by atoms with van der Waals surface area (Å²) in [5, 5.41) is 5.55. The number of nitrogens with one attached hydrogen (secondary N) is 2. The monoisotopic (exact) mass is 267 g/mol. The molecular weight excluding hydrogens is 254 g/mol. The number of nitrogens with zero attached hydrogens (tertiary/aromatic N) is 1. The van der Waals surface area contributed by atoms with E-state index >= 15 is 0 Å². The highest BCUT2D eigenvalue weighted by Crippen LogP contribution is 2.23. The fourth-order valence-electron chi connectivity index (χ4n) is 2.15. The quantitative estimate of drug-likeness (QED) is 0.885. The molecule has 0 fully saturated rings. The van der Waals surface area contributed by atoms with Gasteiger partial charge in [0.2, 0.25) is 5.91 Å². The van der Waals surface area contributed by atoms with E-state index in [-0.39, 0.29) is 11.8 Å². The molecule has 1 aromatic heterocycles. The van der Waals surface area contributed by atoms with Crippen LogP contribution >= 0.6 is 0 Å². The van der Waals surface area contributed by atoms with Crippen LogP contribution in [0.15, 0.2) is 42.6 Å². The van der Waals surface area contributed by atoms with Gasteiger partial charge in [-0.2, -0.15) is 0 Å². The SMILES string of the molecule is O=C1Cc2cc(C(=O)NCc3ccccn3)ccc2N1. The Morgan fingerprint density at radius 3 is 3.00 bits per heavy atom. The molecule has 2 N–H and O–H groups in total. The molecule has 100 valence electrons. The lowest BCUT2D eigenvalue weighted by Gasteiger charge is -2.06. The van der Waals surface area contributed by atoms with Gasteiger partial charge >= 0.3 is 0 Å². The average Bonchev–Trinajstić information content (AvgIpc) is 2.85. The van der Waals surface area contributed by atoms with Crippen molar-refractivity contribution in [3.05, 3.63) is 59.4 Å². The van der Waals surface area contributed by atoms with Crippen LogP contribution in [0.1, 0.15) is 21.6 Å². The van der Waals surface area contributed by atoms with E-state index in [1.54, 1.807) is 24.4 Å². The molecule has 20 heavy (non-hydrogen) atoms. The molecule has 0 saturated carbocycles. The van der Waals surface area contributed by atoms with Gasteiger partial charge in [-0.25, -0.2) is 0 Å². The van der Waals surface area contributed by atoms with E-state index in [4.69, 9.17) is 0 Å². The zero-order chi connectivity index (χ0) is 13.9. The van der Waals surface area contributed by atoms with Gasteiger partial charge in [0, 0.05) is 17.4 Å². The normalized spacial score (nSPS) is 12.7. The lowest BCUT2D eigenvalue weighted by Crippen LogP contribution is -2.23. The molecule has 0 unspecified atom stereocenters. The maximum Gasteiger partial charge on any atom is 0.251 e. The lowest BCUT2D eigenvalue weighted by atomic mass is 10.1. The molecule has 1 aliphatic heterocycles. The molecule has 2 amide bonds. The van der Waals surface area contributed by atoms with Crippen molar-refractivity contribution in [3.8, 4) is 0 Å². The third-order valence-electron chi connectivity index (χ3n) is 3.15. The van der Waals surface area contributed by atoms with Crippen molar-refractivity contribution in [2.45, 2.75) is 13.0 Å². The summed E-state index contributed by atoms with van der Waals surface area (Å²) in [6, 6.07) is 10.8. The van der Waals surface area contributed by atoms with Gasteiger partial charge in [-0.05, 0) is 35.9 Å². The number of aromatic nitrogens is 1. The second-order valence-corrected chi connectivity index (χ2v) is 4.60. The Labute approximate surface area is 116 Å². The first-order chi connectivity index (χ1) is 9.72. The number of hydrogen-bond donors (Lipinski definition) is 2. The second kappa shape index (κ2) is 5.13. The smallest absolute Gasteiger partial charge is 0.251 e. The van der Waals surface area contributed by atoms with Gasteiger partial charge in [0.1, 0.15) is 0 Å². The van der Waals surface area contributed by atoms with Gasteiger partial charge < -0.3 is 10.6 Å². The van der Waals surface area contributed by atoms with E-state index in [1.807, 2.05) is 18.2 Å². The van der Waals surface area contributed by atoms with Gasteiger partial charge in [0.15, 0.2) is 0 Å². The van der Waals surface area contributed by atoms with E-state index in [2.05, 4.69) is 15.6 Å². The van der Waals surface area contributed by atoms with Crippen molar-refractivity contribution in [2.24, 2.45) is 0 Å². The van der Waals surface area contributed by atoms with Crippen molar-refractivity contribution < 1.29 is 9.59 Å². The van der Waals surface area contributed by atoms with Crippen molar-refractivity contribution in [2.75, 3.05) is 5.32 Å². The minimum Gasteiger partial charge on any atom is -0.346 e. The molecule has 0 bridgehead atoms. The number of anilines is 1. The molecule has 0 saturated heterocycles. The van der Waals surface area contributed by atoms with E-state index in [1.165, 1.54) is 0 Å². The minimum absolute atomic E-state index is 0.0361. The zero-order valence-corrected chi connectivity index (χ0v) is 10.7. The number of rotatable bonds is 3. The molecule has 2 heterocycles. The van der Waals surface area contributed by atoms with Crippen molar-refractivity contribution in [3.63, 3.8) is 0 Å².